The third-order valence-electron chi connectivity index (χ3n) is 7.43. The van der Waals surface area contributed by atoms with E-state index in [4.69, 9.17) is 27.9 Å². The van der Waals surface area contributed by atoms with Gasteiger partial charge >= 0.3 is 5.97 Å². The lowest BCUT2D eigenvalue weighted by Gasteiger charge is -2.39. The van der Waals surface area contributed by atoms with E-state index in [1.54, 1.807) is 25.1 Å². The molecule has 2 N–H and O–H groups in total. The summed E-state index contributed by atoms with van der Waals surface area (Å²) >= 11 is 14.3. The lowest BCUT2D eigenvalue weighted by atomic mass is 9.79. The van der Waals surface area contributed by atoms with E-state index in [1.165, 1.54) is 0 Å². The number of aromatic nitrogens is 1. The summed E-state index contributed by atoms with van der Waals surface area (Å²) in [5, 5.41) is 22.7. The van der Waals surface area contributed by atoms with Gasteiger partial charge in [0.05, 0.1) is 28.8 Å². The van der Waals surface area contributed by atoms with Gasteiger partial charge in [0, 0.05) is 41.7 Å². The zero-order valence-electron chi connectivity index (χ0n) is 21.5. The number of aliphatic carboxylic acids is 1. The summed E-state index contributed by atoms with van der Waals surface area (Å²) < 4.78 is 5.37. The van der Waals surface area contributed by atoms with Gasteiger partial charge in [0.2, 0.25) is 0 Å². The van der Waals surface area contributed by atoms with Crippen molar-refractivity contribution in [1.29, 1.82) is 0 Å². The number of fused-ring (bicyclic) bond motifs is 1. The van der Waals surface area contributed by atoms with E-state index in [2.05, 4.69) is 9.88 Å². The van der Waals surface area contributed by atoms with E-state index >= 15 is 0 Å². The Morgan fingerprint density at radius 3 is 2.71 bits per heavy atom. The summed E-state index contributed by atoms with van der Waals surface area (Å²) in [5.41, 5.74) is 1.68. The number of hydrogen-bond acceptors (Lipinski definition) is 6. The highest BCUT2D eigenvalue weighted by atomic mass is 35.5. The van der Waals surface area contributed by atoms with Crippen LogP contribution in [0.3, 0.4) is 0 Å². The molecule has 38 heavy (non-hydrogen) atoms. The Labute approximate surface area is 238 Å². The molecule has 2 heterocycles. The highest BCUT2D eigenvalue weighted by Gasteiger charge is 2.30. The van der Waals surface area contributed by atoms with Crippen LogP contribution < -0.4 is 4.74 Å². The predicted molar refractivity (Wildman–Crippen MR) is 155 cm³/mol. The van der Waals surface area contributed by atoms with Gasteiger partial charge in [0.1, 0.15) is 5.75 Å². The first-order valence-electron chi connectivity index (χ1n) is 13.0. The molecule has 0 radical (unpaired) electrons. The third kappa shape index (κ3) is 7.54. The Hall–Kier alpha value is -2.03. The van der Waals surface area contributed by atoms with Crippen molar-refractivity contribution in [2.45, 2.75) is 43.1 Å². The van der Waals surface area contributed by atoms with Crippen LogP contribution in [0, 0.1) is 11.8 Å². The minimum absolute atomic E-state index is 0.163. The SMILES string of the molecule is COc1ccc2nccc([C@@H](O)CCC3CCN(CCSc4c(Cl)cccc4Cl)CC3CCC(=O)O)c2c1. The monoisotopic (exact) mass is 576 g/mol. The Morgan fingerprint density at radius 1 is 1.18 bits per heavy atom. The molecule has 0 aliphatic carbocycles. The standard InChI is InChI=1S/C29H34Cl2N2O4S/c1-37-21-7-8-26-23(17-21)22(11-13-32-26)27(34)9-5-19-12-14-33(18-20(19)6-10-28(35)36)15-16-38-29-24(30)3-2-4-25(29)31/h2-4,7-8,11,13,17,19-20,27,34H,5-6,9-10,12,14-16,18H2,1H3,(H,35,36)/t19?,20?,27-/m0/s1. The number of benzene rings is 2. The first-order valence-corrected chi connectivity index (χ1v) is 14.7. The topological polar surface area (TPSA) is 82.9 Å². The molecule has 6 nitrogen and oxygen atoms in total. The van der Waals surface area contributed by atoms with Crippen molar-refractivity contribution in [2.75, 3.05) is 32.5 Å². The van der Waals surface area contributed by atoms with Gasteiger partial charge in [-0.25, -0.2) is 0 Å². The van der Waals surface area contributed by atoms with E-state index in [9.17, 15) is 15.0 Å². The van der Waals surface area contributed by atoms with Gasteiger partial charge in [0.15, 0.2) is 0 Å². The van der Waals surface area contributed by atoms with Gasteiger partial charge < -0.3 is 19.8 Å². The lowest BCUT2D eigenvalue weighted by molar-refractivity contribution is -0.137. The molecule has 4 rings (SSSR count). The molecule has 0 bridgehead atoms. The number of carbonyl (C=O) groups is 1. The second-order valence-corrected chi connectivity index (χ2v) is 11.7. The Bertz CT molecular complexity index is 1220. The molecule has 1 aromatic heterocycles. The summed E-state index contributed by atoms with van der Waals surface area (Å²) in [6.45, 7) is 2.70. The maximum absolute atomic E-state index is 11.4. The molecule has 2 unspecified atom stereocenters. The highest BCUT2D eigenvalue weighted by Crippen LogP contribution is 2.37. The Morgan fingerprint density at radius 2 is 1.97 bits per heavy atom. The zero-order valence-corrected chi connectivity index (χ0v) is 23.8. The van der Waals surface area contributed by atoms with Crippen LogP contribution in [0.1, 0.15) is 43.8 Å². The van der Waals surface area contributed by atoms with Crippen LogP contribution in [0.5, 0.6) is 5.75 Å². The van der Waals surface area contributed by atoms with E-state index in [0.717, 1.165) is 65.3 Å². The molecule has 0 spiro atoms. The van der Waals surface area contributed by atoms with Crippen molar-refractivity contribution in [2.24, 2.45) is 11.8 Å². The number of aliphatic hydroxyl groups is 1. The smallest absolute Gasteiger partial charge is 0.303 e. The first-order chi connectivity index (χ1) is 18.4. The van der Waals surface area contributed by atoms with Crippen LogP contribution in [0.2, 0.25) is 10.0 Å². The fraction of sp³-hybridized carbons (Fsp3) is 0.448. The second-order valence-electron chi connectivity index (χ2n) is 9.82. The molecule has 0 saturated carbocycles. The number of nitrogens with zero attached hydrogens (tertiary/aromatic N) is 2. The van der Waals surface area contributed by atoms with Crippen molar-refractivity contribution in [3.63, 3.8) is 0 Å². The van der Waals surface area contributed by atoms with Crippen molar-refractivity contribution >= 4 is 51.8 Å². The molecule has 9 heteroatoms. The molecule has 1 saturated heterocycles. The van der Waals surface area contributed by atoms with Crippen molar-refractivity contribution in [3.8, 4) is 5.75 Å². The predicted octanol–water partition coefficient (Wildman–Crippen LogP) is 6.96. The van der Waals surface area contributed by atoms with E-state index in [1.807, 2.05) is 42.5 Å². The number of carboxylic acids is 1. The van der Waals surface area contributed by atoms with Crippen molar-refractivity contribution in [3.05, 3.63) is 64.3 Å². The number of hydrogen-bond donors (Lipinski definition) is 2. The number of halogens is 2. The molecule has 1 fully saturated rings. The maximum Gasteiger partial charge on any atom is 0.303 e. The average Bonchev–Trinajstić information content (AvgIpc) is 2.92. The minimum Gasteiger partial charge on any atom is -0.497 e. The molecular weight excluding hydrogens is 543 g/mol. The normalized spacial score (nSPS) is 18.9. The molecule has 0 amide bonds. The number of aliphatic hydroxyl groups excluding tert-OH is 1. The first kappa shape index (κ1) is 29.0. The largest absolute Gasteiger partial charge is 0.497 e. The second kappa shape index (κ2) is 13.9. The van der Waals surface area contributed by atoms with Gasteiger partial charge in [-0.15, -0.1) is 11.8 Å². The van der Waals surface area contributed by atoms with Crippen LogP contribution in [0.15, 0.2) is 53.6 Å². The van der Waals surface area contributed by atoms with Crippen LogP contribution in [-0.2, 0) is 4.79 Å². The summed E-state index contributed by atoms with van der Waals surface area (Å²) in [6, 6.07) is 13.1. The van der Waals surface area contributed by atoms with Crippen molar-refractivity contribution < 1.29 is 19.7 Å². The van der Waals surface area contributed by atoms with E-state index in [0.29, 0.717) is 28.8 Å². The number of pyridine rings is 1. The number of methoxy groups -OCH3 is 1. The summed E-state index contributed by atoms with van der Waals surface area (Å²) in [5.74, 6) is 1.47. The Kier molecular flexibility index (Phi) is 10.6. The molecular formula is C29H34Cl2N2O4S. The number of likely N-dealkylation sites (tertiary alicyclic amines) is 1. The molecule has 3 aromatic rings. The summed E-state index contributed by atoms with van der Waals surface area (Å²) in [4.78, 5) is 19.1. The van der Waals surface area contributed by atoms with Crippen molar-refractivity contribution in [1.82, 2.24) is 9.88 Å². The van der Waals surface area contributed by atoms with Gasteiger partial charge in [-0.1, -0.05) is 29.3 Å². The molecule has 1 aliphatic rings. The lowest BCUT2D eigenvalue weighted by Crippen LogP contribution is -2.41. The molecule has 204 valence electrons. The molecule has 3 atom stereocenters. The summed E-state index contributed by atoms with van der Waals surface area (Å²) in [7, 11) is 1.63. The summed E-state index contributed by atoms with van der Waals surface area (Å²) in [6.07, 6.45) is 4.36. The average molecular weight is 578 g/mol. The van der Waals surface area contributed by atoms with Crippen LogP contribution in [-0.4, -0.2) is 58.6 Å². The van der Waals surface area contributed by atoms with Crippen LogP contribution >= 0.6 is 35.0 Å². The quantitative estimate of drug-likeness (QED) is 0.225. The van der Waals surface area contributed by atoms with Gasteiger partial charge in [-0.05, 0) is 86.0 Å². The number of piperidine rings is 1. The number of rotatable bonds is 12. The fourth-order valence-corrected chi connectivity index (χ4v) is 7.05. The highest BCUT2D eigenvalue weighted by molar-refractivity contribution is 7.99. The number of ether oxygens (including phenoxy) is 1. The Balaban J connectivity index is 1.36. The molecule has 2 aromatic carbocycles. The fourth-order valence-electron chi connectivity index (χ4n) is 5.36. The van der Waals surface area contributed by atoms with E-state index < -0.39 is 12.1 Å². The van der Waals surface area contributed by atoms with Gasteiger partial charge in [-0.2, -0.15) is 0 Å². The minimum atomic E-state index is -0.762. The van der Waals surface area contributed by atoms with E-state index in [-0.39, 0.29) is 12.3 Å². The molecule has 1 aliphatic heterocycles. The maximum atomic E-state index is 11.4. The third-order valence-corrected chi connectivity index (χ3v) is 9.40. The van der Waals surface area contributed by atoms with Crippen LogP contribution in [0.25, 0.3) is 10.9 Å². The van der Waals surface area contributed by atoms with Crippen LogP contribution in [0.4, 0.5) is 0 Å². The van der Waals surface area contributed by atoms with Gasteiger partial charge in [-0.3, -0.25) is 9.78 Å². The number of thioether (sulfide) groups is 1. The zero-order chi connectivity index (χ0) is 27.1. The van der Waals surface area contributed by atoms with Gasteiger partial charge in [0.25, 0.3) is 0 Å². The number of carboxylic acid groups (broad SMARTS) is 1.